The molecule has 0 amide bonds. The maximum absolute atomic E-state index is 5.57. The quantitative estimate of drug-likeness (QED) is 0.772. The number of halogens is 1. The van der Waals surface area contributed by atoms with Crippen LogP contribution in [0.5, 0.6) is 0 Å². The zero-order chi connectivity index (χ0) is 12.4. The lowest BCUT2D eigenvalue weighted by Crippen LogP contribution is -2.21. The summed E-state index contributed by atoms with van der Waals surface area (Å²) >= 11 is 2.32. The van der Waals surface area contributed by atoms with Crippen LogP contribution in [0.3, 0.4) is 0 Å². The van der Waals surface area contributed by atoms with E-state index in [1.54, 1.807) is 0 Å². The summed E-state index contributed by atoms with van der Waals surface area (Å²) < 4.78 is 9.06. The minimum atomic E-state index is 0.426. The minimum absolute atomic E-state index is 0.426. The zero-order valence-corrected chi connectivity index (χ0v) is 12.2. The lowest BCUT2D eigenvalue weighted by molar-refractivity contribution is 0.0597. The van der Waals surface area contributed by atoms with Crippen molar-refractivity contribution in [3.8, 4) is 11.4 Å². The summed E-state index contributed by atoms with van der Waals surface area (Å²) in [5.74, 6) is 1.04. The van der Waals surface area contributed by atoms with Crippen LogP contribution in [0.2, 0.25) is 0 Å². The fourth-order valence-electron chi connectivity index (χ4n) is 2.37. The van der Waals surface area contributed by atoms with E-state index in [9.17, 15) is 0 Å². The van der Waals surface area contributed by atoms with Crippen LogP contribution in [0, 0.1) is 3.57 Å². The molecule has 0 saturated carbocycles. The second-order valence-corrected chi connectivity index (χ2v) is 5.78. The molecule has 1 fully saturated rings. The minimum Gasteiger partial charge on any atom is -0.379 e. The summed E-state index contributed by atoms with van der Waals surface area (Å²) in [5.41, 5.74) is 1.17. The fourth-order valence-corrected chi connectivity index (χ4v) is 2.73. The van der Waals surface area contributed by atoms with E-state index in [-0.39, 0.29) is 0 Å². The molecule has 1 aromatic carbocycles. The highest BCUT2D eigenvalue weighted by atomic mass is 127. The van der Waals surface area contributed by atoms with Crippen molar-refractivity contribution < 1.29 is 4.74 Å². The van der Waals surface area contributed by atoms with Gasteiger partial charge in [0.15, 0.2) is 0 Å². The molecule has 2 aromatic rings. The Morgan fingerprint density at radius 1 is 1.28 bits per heavy atom. The highest BCUT2D eigenvalue weighted by Gasteiger charge is 2.18. The first-order chi connectivity index (χ1) is 8.84. The van der Waals surface area contributed by atoms with E-state index < -0.39 is 0 Å². The van der Waals surface area contributed by atoms with Gasteiger partial charge in [-0.3, -0.25) is 0 Å². The Labute approximate surface area is 120 Å². The van der Waals surface area contributed by atoms with Gasteiger partial charge in [0, 0.05) is 28.1 Å². The molecular formula is C14H15IN2O. The van der Waals surface area contributed by atoms with Crippen molar-refractivity contribution in [1.82, 2.24) is 9.55 Å². The summed E-state index contributed by atoms with van der Waals surface area (Å²) in [7, 11) is 0. The van der Waals surface area contributed by atoms with Gasteiger partial charge in [0.1, 0.15) is 5.82 Å². The van der Waals surface area contributed by atoms with E-state index in [1.165, 1.54) is 15.6 Å². The molecule has 1 atom stereocenters. The van der Waals surface area contributed by atoms with Gasteiger partial charge in [0.05, 0.1) is 12.6 Å². The Morgan fingerprint density at radius 2 is 2.11 bits per heavy atom. The van der Waals surface area contributed by atoms with Gasteiger partial charge in [-0.15, -0.1) is 0 Å². The van der Waals surface area contributed by atoms with Crippen molar-refractivity contribution in [1.29, 1.82) is 0 Å². The van der Waals surface area contributed by atoms with Crippen molar-refractivity contribution in [2.24, 2.45) is 0 Å². The lowest BCUT2D eigenvalue weighted by Gasteiger charge is -2.25. The Balaban J connectivity index is 1.93. The molecule has 0 N–H and O–H groups in total. The first-order valence-corrected chi connectivity index (χ1v) is 7.29. The molecule has 0 spiro atoms. The highest BCUT2D eigenvalue weighted by Crippen LogP contribution is 2.26. The second kappa shape index (κ2) is 5.40. The molecule has 1 aliphatic heterocycles. The molecule has 0 bridgehead atoms. The largest absolute Gasteiger partial charge is 0.379 e. The Bertz CT molecular complexity index is 515. The standard InChI is InChI=1S/C14H15IN2O/c15-12-5-3-11(4-6-12)14-16-7-8-17(14)13-2-1-9-18-10-13/h3-8,13H,1-2,9-10H2. The van der Waals surface area contributed by atoms with Crippen molar-refractivity contribution in [3.05, 3.63) is 40.2 Å². The van der Waals surface area contributed by atoms with Crippen molar-refractivity contribution in [2.45, 2.75) is 18.9 Å². The van der Waals surface area contributed by atoms with Crippen LogP contribution in [0.15, 0.2) is 36.7 Å². The molecule has 1 saturated heterocycles. The van der Waals surface area contributed by atoms with Gasteiger partial charge in [0.2, 0.25) is 0 Å². The van der Waals surface area contributed by atoms with Crippen LogP contribution in [-0.4, -0.2) is 22.8 Å². The van der Waals surface area contributed by atoms with E-state index in [0.29, 0.717) is 6.04 Å². The van der Waals surface area contributed by atoms with E-state index >= 15 is 0 Å². The molecule has 1 aliphatic rings. The van der Waals surface area contributed by atoms with Gasteiger partial charge in [-0.25, -0.2) is 4.98 Å². The molecule has 0 radical (unpaired) electrons. The van der Waals surface area contributed by atoms with Gasteiger partial charge in [0.25, 0.3) is 0 Å². The summed E-state index contributed by atoms with van der Waals surface area (Å²) in [4.78, 5) is 4.50. The van der Waals surface area contributed by atoms with Crippen LogP contribution < -0.4 is 0 Å². The van der Waals surface area contributed by atoms with E-state index in [1.807, 2.05) is 6.20 Å². The molecule has 0 aliphatic carbocycles. The number of benzene rings is 1. The van der Waals surface area contributed by atoms with Crippen LogP contribution in [-0.2, 0) is 4.74 Å². The molecule has 1 aromatic heterocycles. The molecule has 3 nitrogen and oxygen atoms in total. The smallest absolute Gasteiger partial charge is 0.140 e. The topological polar surface area (TPSA) is 27.1 Å². The maximum atomic E-state index is 5.57. The van der Waals surface area contributed by atoms with Crippen molar-refractivity contribution >= 4 is 22.6 Å². The summed E-state index contributed by atoms with van der Waals surface area (Å²) in [5, 5.41) is 0. The number of hydrogen-bond acceptors (Lipinski definition) is 2. The predicted molar refractivity (Wildman–Crippen MR) is 79.5 cm³/mol. The molecule has 18 heavy (non-hydrogen) atoms. The SMILES string of the molecule is Ic1ccc(-c2nccn2C2CCCOC2)cc1. The number of rotatable bonds is 2. The normalized spacial score (nSPS) is 19.9. The van der Waals surface area contributed by atoms with Gasteiger partial charge in [-0.1, -0.05) is 12.1 Å². The van der Waals surface area contributed by atoms with Crippen LogP contribution in [0.4, 0.5) is 0 Å². The third kappa shape index (κ3) is 2.44. The molecular weight excluding hydrogens is 339 g/mol. The summed E-state index contributed by atoms with van der Waals surface area (Å²) in [6, 6.07) is 8.92. The van der Waals surface area contributed by atoms with Crippen LogP contribution >= 0.6 is 22.6 Å². The van der Waals surface area contributed by atoms with Gasteiger partial charge in [-0.05, 0) is 47.6 Å². The highest BCUT2D eigenvalue weighted by molar-refractivity contribution is 14.1. The van der Waals surface area contributed by atoms with Gasteiger partial charge < -0.3 is 9.30 Å². The van der Waals surface area contributed by atoms with E-state index in [2.05, 4.69) is 62.6 Å². The van der Waals surface area contributed by atoms with E-state index in [4.69, 9.17) is 4.74 Å². The lowest BCUT2D eigenvalue weighted by atomic mass is 10.1. The summed E-state index contributed by atoms with van der Waals surface area (Å²) in [6.45, 7) is 1.69. The average Bonchev–Trinajstić information content (AvgIpc) is 2.90. The third-order valence-electron chi connectivity index (χ3n) is 3.30. The average molecular weight is 354 g/mol. The monoisotopic (exact) mass is 354 g/mol. The zero-order valence-electron chi connectivity index (χ0n) is 10.1. The fraction of sp³-hybridized carbons (Fsp3) is 0.357. The second-order valence-electron chi connectivity index (χ2n) is 4.54. The first kappa shape index (κ1) is 12.2. The molecule has 4 heteroatoms. The number of imidazole rings is 1. The molecule has 1 unspecified atom stereocenters. The van der Waals surface area contributed by atoms with E-state index in [0.717, 1.165) is 25.5 Å². The Kier molecular flexibility index (Phi) is 3.65. The molecule has 3 rings (SSSR count). The molecule has 94 valence electrons. The third-order valence-corrected chi connectivity index (χ3v) is 4.02. The summed E-state index contributed by atoms with van der Waals surface area (Å²) in [6.07, 6.45) is 6.25. The van der Waals surface area contributed by atoms with Crippen molar-refractivity contribution in [2.75, 3.05) is 13.2 Å². The Hall–Kier alpha value is -0.880. The van der Waals surface area contributed by atoms with Gasteiger partial charge in [-0.2, -0.15) is 0 Å². The Morgan fingerprint density at radius 3 is 2.83 bits per heavy atom. The van der Waals surface area contributed by atoms with Crippen LogP contribution in [0.25, 0.3) is 11.4 Å². The first-order valence-electron chi connectivity index (χ1n) is 6.21. The number of nitrogens with zero attached hydrogens (tertiary/aromatic N) is 2. The maximum Gasteiger partial charge on any atom is 0.140 e. The van der Waals surface area contributed by atoms with Crippen LogP contribution in [0.1, 0.15) is 18.9 Å². The molecule has 2 heterocycles. The number of ether oxygens (including phenoxy) is 1. The van der Waals surface area contributed by atoms with Crippen molar-refractivity contribution in [3.63, 3.8) is 0 Å². The predicted octanol–water partition coefficient (Wildman–Crippen LogP) is 3.51. The number of aromatic nitrogens is 2. The number of hydrogen-bond donors (Lipinski definition) is 0. The van der Waals surface area contributed by atoms with Gasteiger partial charge >= 0.3 is 0 Å².